The van der Waals surface area contributed by atoms with E-state index in [1.54, 1.807) is 7.11 Å². The number of anilines is 2. The van der Waals surface area contributed by atoms with Crippen LogP contribution in [0.2, 0.25) is 5.02 Å². The smallest absolute Gasteiger partial charge is 0.417 e. The Bertz CT molecular complexity index is 1040. The minimum atomic E-state index is -4.69. The summed E-state index contributed by atoms with van der Waals surface area (Å²) < 4.78 is 45.1. The number of alkyl halides is 3. The number of methoxy groups -OCH3 is 1. The fraction of sp³-hybridized carbons (Fsp3) is 0.364. The van der Waals surface area contributed by atoms with E-state index in [4.69, 9.17) is 16.3 Å². The van der Waals surface area contributed by atoms with Crippen LogP contribution in [0.1, 0.15) is 12.0 Å². The maximum absolute atomic E-state index is 13.2. The van der Waals surface area contributed by atoms with Crippen molar-refractivity contribution in [1.29, 1.82) is 0 Å². The lowest BCUT2D eigenvalue weighted by molar-refractivity contribution is -0.137. The average Bonchev–Trinajstić information content (AvgIpc) is 3.07. The normalized spacial score (nSPS) is 20.2. The largest absolute Gasteiger partial charge is 0.495 e. The molecule has 0 bridgehead atoms. The van der Waals surface area contributed by atoms with Crippen LogP contribution in [0.15, 0.2) is 42.5 Å². The third kappa shape index (κ3) is 4.14. The number of para-hydroxylation sites is 2. The lowest BCUT2D eigenvalue weighted by Gasteiger charge is -2.38. The number of piperazine rings is 1. The lowest BCUT2D eigenvalue weighted by Crippen LogP contribution is -2.52. The Morgan fingerprint density at radius 1 is 1.03 bits per heavy atom. The highest BCUT2D eigenvalue weighted by Gasteiger charge is 2.44. The molecule has 10 heteroatoms. The summed E-state index contributed by atoms with van der Waals surface area (Å²) in [5.74, 6) is -0.291. The van der Waals surface area contributed by atoms with Crippen LogP contribution in [0.3, 0.4) is 0 Å². The van der Waals surface area contributed by atoms with Gasteiger partial charge in [0.15, 0.2) is 0 Å². The Hall–Kier alpha value is -2.78. The Morgan fingerprint density at radius 3 is 2.38 bits per heavy atom. The van der Waals surface area contributed by atoms with E-state index in [-0.39, 0.29) is 12.1 Å². The highest BCUT2D eigenvalue weighted by Crippen LogP contribution is 2.38. The van der Waals surface area contributed by atoms with E-state index in [9.17, 15) is 22.8 Å². The van der Waals surface area contributed by atoms with Crippen LogP contribution in [0, 0.1) is 0 Å². The van der Waals surface area contributed by atoms with Crippen molar-refractivity contribution in [2.75, 3.05) is 43.1 Å². The van der Waals surface area contributed by atoms with Crippen molar-refractivity contribution in [1.82, 2.24) is 4.90 Å². The standard InChI is InChI=1S/C22H21ClF3N3O3/c1-32-19-5-3-2-4-17(19)27-8-10-28(11-9-27)18-13-20(30)29(21(18)31)14-6-7-16(23)15(12-14)22(24,25)26/h2-7,12,18H,8-11,13H2,1H3/t18-/m0/s1. The number of carbonyl (C=O) groups excluding carboxylic acids is 2. The zero-order valence-corrected chi connectivity index (χ0v) is 18.0. The highest BCUT2D eigenvalue weighted by molar-refractivity contribution is 6.31. The van der Waals surface area contributed by atoms with Crippen LogP contribution < -0.4 is 14.5 Å². The second-order valence-electron chi connectivity index (χ2n) is 7.64. The van der Waals surface area contributed by atoms with Crippen LogP contribution in [-0.4, -0.2) is 56.0 Å². The van der Waals surface area contributed by atoms with Gasteiger partial charge in [0.1, 0.15) is 5.75 Å². The Kier molecular flexibility index (Phi) is 6.05. The maximum Gasteiger partial charge on any atom is 0.417 e. The number of benzene rings is 2. The molecule has 6 nitrogen and oxygen atoms in total. The van der Waals surface area contributed by atoms with E-state index in [0.717, 1.165) is 28.5 Å². The first-order valence-electron chi connectivity index (χ1n) is 10.1. The number of carbonyl (C=O) groups is 2. The number of amides is 2. The van der Waals surface area contributed by atoms with E-state index in [2.05, 4.69) is 4.90 Å². The van der Waals surface area contributed by atoms with E-state index < -0.39 is 34.6 Å². The molecule has 170 valence electrons. The molecule has 2 aliphatic rings. The van der Waals surface area contributed by atoms with E-state index in [1.807, 2.05) is 29.2 Å². The van der Waals surface area contributed by atoms with Crippen LogP contribution in [0.4, 0.5) is 24.5 Å². The van der Waals surface area contributed by atoms with Crippen LogP contribution >= 0.6 is 11.6 Å². The first kappa shape index (κ1) is 22.4. The summed E-state index contributed by atoms with van der Waals surface area (Å²) in [4.78, 5) is 30.5. The van der Waals surface area contributed by atoms with Gasteiger partial charge in [-0.1, -0.05) is 23.7 Å². The summed E-state index contributed by atoms with van der Waals surface area (Å²) in [6.45, 7) is 2.31. The van der Waals surface area contributed by atoms with Crippen molar-refractivity contribution in [2.24, 2.45) is 0 Å². The van der Waals surface area contributed by atoms with E-state index in [1.165, 1.54) is 6.07 Å². The number of imide groups is 1. The molecule has 2 fully saturated rings. The molecule has 4 rings (SSSR count). The molecular weight excluding hydrogens is 447 g/mol. The number of hydrogen-bond donors (Lipinski definition) is 0. The number of rotatable bonds is 4. The zero-order chi connectivity index (χ0) is 23.0. The molecular formula is C22H21ClF3N3O3. The summed E-state index contributed by atoms with van der Waals surface area (Å²) in [6.07, 6.45) is -4.76. The topological polar surface area (TPSA) is 53.1 Å². The Balaban J connectivity index is 1.49. The number of hydrogen-bond acceptors (Lipinski definition) is 5. The van der Waals surface area contributed by atoms with Gasteiger partial charge in [-0.05, 0) is 30.3 Å². The van der Waals surface area contributed by atoms with Gasteiger partial charge < -0.3 is 9.64 Å². The summed E-state index contributed by atoms with van der Waals surface area (Å²) in [5.41, 5.74) is -0.246. The monoisotopic (exact) mass is 467 g/mol. The van der Waals surface area contributed by atoms with Gasteiger partial charge in [0.05, 0.1) is 41.5 Å². The molecule has 32 heavy (non-hydrogen) atoms. The summed E-state index contributed by atoms with van der Waals surface area (Å²) in [5, 5.41) is -0.482. The molecule has 2 aliphatic heterocycles. The van der Waals surface area contributed by atoms with Crippen LogP contribution in [0.25, 0.3) is 0 Å². The van der Waals surface area contributed by atoms with Crippen molar-refractivity contribution in [2.45, 2.75) is 18.6 Å². The van der Waals surface area contributed by atoms with Crippen molar-refractivity contribution >= 4 is 34.8 Å². The predicted octanol–water partition coefficient (Wildman–Crippen LogP) is 3.82. The van der Waals surface area contributed by atoms with Gasteiger partial charge >= 0.3 is 6.18 Å². The van der Waals surface area contributed by atoms with Gasteiger partial charge in [-0.2, -0.15) is 13.2 Å². The highest BCUT2D eigenvalue weighted by atomic mass is 35.5. The first-order chi connectivity index (χ1) is 15.2. The fourth-order valence-corrected chi connectivity index (χ4v) is 4.43. The van der Waals surface area contributed by atoms with Crippen molar-refractivity contribution < 1.29 is 27.5 Å². The molecule has 2 amide bonds. The van der Waals surface area contributed by atoms with Crippen molar-refractivity contribution in [3.63, 3.8) is 0 Å². The molecule has 0 N–H and O–H groups in total. The van der Waals surface area contributed by atoms with Crippen LogP contribution in [0.5, 0.6) is 5.75 Å². The Morgan fingerprint density at radius 2 is 1.72 bits per heavy atom. The lowest BCUT2D eigenvalue weighted by atomic mass is 10.1. The molecule has 1 atom stereocenters. The molecule has 2 aromatic carbocycles. The summed E-state index contributed by atoms with van der Waals surface area (Å²) >= 11 is 5.67. The van der Waals surface area contributed by atoms with Crippen molar-refractivity contribution in [3.05, 3.63) is 53.1 Å². The molecule has 2 saturated heterocycles. The first-order valence-corrected chi connectivity index (χ1v) is 10.4. The minimum absolute atomic E-state index is 0.0720. The van der Waals surface area contributed by atoms with Gasteiger partial charge in [-0.25, -0.2) is 4.90 Å². The second-order valence-corrected chi connectivity index (χ2v) is 8.05. The summed E-state index contributed by atoms with van der Waals surface area (Å²) in [7, 11) is 1.60. The van der Waals surface area contributed by atoms with Gasteiger partial charge in [0.25, 0.3) is 5.91 Å². The fourth-order valence-electron chi connectivity index (χ4n) is 4.21. The van der Waals surface area contributed by atoms with Gasteiger partial charge in [-0.3, -0.25) is 14.5 Å². The maximum atomic E-state index is 13.2. The molecule has 2 heterocycles. The minimum Gasteiger partial charge on any atom is -0.495 e. The van der Waals surface area contributed by atoms with Gasteiger partial charge in [-0.15, -0.1) is 0 Å². The molecule has 0 aliphatic carbocycles. The number of ether oxygens (including phenoxy) is 1. The molecule has 0 spiro atoms. The third-order valence-corrected chi connectivity index (χ3v) is 6.15. The average molecular weight is 468 g/mol. The second kappa shape index (κ2) is 8.63. The SMILES string of the molecule is COc1ccccc1N1CCN([C@H]2CC(=O)N(c3ccc(Cl)c(C(F)(F)F)c3)C2=O)CC1. The quantitative estimate of drug-likeness (QED) is 0.640. The molecule has 0 aromatic heterocycles. The third-order valence-electron chi connectivity index (χ3n) is 5.82. The van der Waals surface area contributed by atoms with Gasteiger partial charge in [0.2, 0.25) is 5.91 Å². The molecule has 0 unspecified atom stereocenters. The number of halogens is 4. The number of nitrogens with zero attached hydrogens (tertiary/aromatic N) is 3. The summed E-state index contributed by atoms with van der Waals surface area (Å²) in [6, 6.07) is 10.0. The molecule has 2 aromatic rings. The predicted molar refractivity (Wildman–Crippen MR) is 114 cm³/mol. The van der Waals surface area contributed by atoms with Crippen LogP contribution in [-0.2, 0) is 15.8 Å². The Labute approximate surface area is 188 Å². The molecule has 0 radical (unpaired) electrons. The molecule has 0 saturated carbocycles. The van der Waals surface area contributed by atoms with Gasteiger partial charge in [0, 0.05) is 26.2 Å². The van der Waals surface area contributed by atoms with Crippen molar-refractivity contribution in [3.8, 4) is 5.75 Å². The van der Waals surface area contributed by atoms with E-state index >= 15 is 0 Å². The van der Waals surface area contributed by atoms with E-state index in [0.29, 0.717) is 26.2 Å². The zero-order valence-electron chi connectivity index (χ0n) is 17.2.